The van der Waals surface area contributed by atoms with E-state index in [1.807, 2.05) is 0 Å². The van der Waals surface area contributed by atoms with Gasteiger partial charge in [0.05, 0.1) is 4.92 Å². The van der Waals surface area contributed by atoms with Crippen molar-refractivity contribution >= 4 is 34.7 Å². The van der Waals surface area contributed by atoms with Crippen molar-refractivity contribution < 1.29 is 14.5 Å². The number of benzene rings is 2. The van der Waals surface area contributed by atoms with Gasteiger partial charge < -0.3 is 16.0 Å². The van der Waals surface area contributed by atoms with Gasteiger partial charge in [0.25, 0.3) is 5.69 Å². The topological polar surface area (TPSA) is 113 Å². The third-order valence-corrected chi connectivity index (χ3v) is 3.13. The number of aryl methyl sites for hydroxylation is 1. The minimum absolute atomic E-state index is 0.0625. The number of nitro groups is 1. The van der Waals surface area contributed by atoms with E-state index in [-0.39, 0.29) is 11.6 Å². The summed E-state index contributed by atoms with van der Waals surface area (Å²) in [7, 11) is 0. The Balaban J connectivity index is 2.02. The van der Waals surface area contributed by atoms with E-state index >= 15 is 0 Å². The van der Waals surface area contributed by atoms with Gasteiger partial charge in [-0.25, -0.2) is 4.79 Å². The average molecular weight is 328 g/mol. The average Bonchev–Trinajstić information content (AvgIpc) is 2.50. The van der Waals surface area contributed by atoms with Crippen molar-refractivity contribution in [3.63, 3.8) is 0 Å². The van der Waals surface area contributed by atoms with Gasteiger partial charge in [-0.05, 0) is 37.3 Å². The quantitative estimate of drug-likeness (QED) is 0.588. The lowest BCUT2D eigenvalue weighted by atomic mass is 10.2. The summed E-state index contributed by atoms with van der Waals surface area (Å²) in [6.45, 7) is 3.03. The van der Waals surface area contributed by atoms with Gasteiger partial charge >= 0.3 is 6.03 Å². The molecule has 0 aliphatic rings. The number of rotatable bonds is 4. The van der Waals surface area contributed by atoms with Gasteiger partial charge in [-0.2, -0.15) is 0 Å². The molecule has 0 radical (unpaired) electrons. The van der Waals surface area contributed by atoms with Gasteiger partial charge in [0.2, 0.25) is 5.91 Å². The van der Waals surface area contributed by atoms with Crippen LogP contribution in [-0.4, -0.2) is 16.9 Å². The first kappa shape index (κ1) is 16.9. The molecule has 0 saturated carbocycles. The van der Waals surface area contributed by atoms with E-state index in [2.05, 4.69) is 16.0 Å². The van der Waals surface area contributed by atoms with Crippen LogP contribution in [0.5, 0.6) is 0 Å². The van der Waals surface area contributed by atoms with Crippen molar-refractivity contribution in [3.8, 4) is 0 Å². The Morgan fingerprint density at radius 1 is 0.917 bits per heavy atom. The maximum atomic E-state index is 11.9. The van der Waals surface area contributed by atoms with Crippen LogP contribution in [0.25, 0.3) is 0 Å². The number of carbonyl (C=O) groups is 2. The molecule has 2 aromatic rings. The molecule has 0 aliphatic heterocycles. The van der Waals surface area contributed by atoms with E-state index < -0.39 is 11.0 Å². The van der Waals surface area contributed by atoms with Crippen molar-refractivity contribution in [1.29, 1.82) is 0 Å². The highest BCUT2D eigenvalue weighted by Crippen LogP contribution is 2.22. The van der Waals surface area contributed by atoms with Crippen LogP contribution >= 0.6 is 0 Å². The minimum atomic E-state index is -0.527. The molecule has 0 spiro atoms. The van der Waals surface area contributed by atoms with Crippen molar-refractivity contribution in [3.05, 3.63) is 58.1 Å². The number of hydrogen-bond acceptors (Lipinski definition) is 4. The lowest BCUT2D eigenvalue weighted by molar-refractivity contribution is -0.385. The second-order valence-electron chi connectivity index (χ2n) is 5.10. The number of nitro benzene ring substituents is 1. The summed E-state index contributed by atoms with van der Waals surface area (Å²) in [4.78, 5) is 33.3. The first-order valence-corrected chi connectivity index (χ1v) is 7.06. The SMILES string of the molecule is CC(=O)Nc1ccc(NC(=O)Nc2ccc(C)c([N+](=O)[O-])c2)cc1. The Hall–Kier alpha value is -3.42. The summed E-state index contributed by atoms with van der Waals surface area (Å²) in [5.74, 6) is -0.186. The third-order valence-electron chi connectivity index (χ3n) is 3.13. The van der Waals surface area contributed by atoms with Crippen LogP contribution in [0.15, 0.2) is 42.5 Å². The van der Waals surface area contributed by atoms with E-state index in [1.54, 1.807) is 43.3 Å². The zero-order valence-corrected chi connectivity index (χ0v) is 13.1. The number of anilines is 3. The molecule has 8 heteroatoms. The molecular weight excluding hydrogens is 312 g/mol. The molecule has 0 fully saturated rings. The Morgan fingerprint density at radius 3 is 1.96 bits per heavy atom. The molecule has 0 atom stereocenters. The first-order chi connectivity index (χ1) is 11.3. The second-order valence-corrected chi connectivity index (χ2v) is 5.10. The largest absolute Gasteiger partial charge is 0.326 e. The molecule has 2 rings (SSSR count). The van der Waals surface area contributed by atoms with E-state index in [0.717, 1.165) is 0 Å². The number of amides is 3. The van der Waals surface area contributed by atoms with Crippen LogP contribution < -0.4 is 16.0 Å². The molecule has 2 aromatic carbocycles. The van der Waals surface area contributed by atoms with Gasteiger partial charge in [-0.1, -0.05) is 6.07 Å². The molecule has 0 aromatic heterocycles. The number of carbonyl (C=O) groups excluding carboxylic acids is 2. The molecule has 0 bridgehead atoms. The highest BCUT2D eigenvalue weighted by Gasteiger charge is 2.12. The monoisotopic (exact) mass is 328 g/mol. The van der Waals surface area contributed by atoms with Crippen molar-refractivity contribution in [2.75, 3.05) is 16.0 Å². The van der Waals surface area contributed by atoms with Gasteiger partial charge in [0, 0.05) is 35.6 Å². The van der Waals surface area contributed by atoms with Gasteiger partial charge in [0.15, 0.2) is 0 Å². The lowest BCUT2D eigenvalue weighted by Crippen LogP contribution is -2.19. The summed E-state index contributed by atoms with van der Waals surface area (Å²) < 4.78 is 0. The molecule has 3 N–H and O–H groups in total. The highest BCUT2D eigenvalue weighted by molar-refractivity contribution is 6.00. The molecule has 0 heterocycles. The maximum Gasteiger partial charge on any atom is 0.323 e. The minimum Gasteiger partial charge on any atom is -0.326 e. The molecule has 8 nitrogen and oxygen atoms in total. The van der Waals surface area contributed by atoms with E-state index in [0.29, 0.717) is 22.6 Å². The van der Waals surface area contributed by atoms with Crippen LogP contribution in [-0.2, 0) is 4.79 Å². The Morgan fingerprint density at radius 2 is 1.42 bits per heavy atom. The van der Waals surface area contributed by atoms with Crippen molar-refractivity contribution in [1.82, 2.24) is 0 Å². The van der Waals surface area contributed by atoms with Gasteiger partial charge in [-0.3, -0.25) is 14.9 Å². The fraction of sp³-hybridized carbons (Fsp3) is 0.125. The summed E-state index contributed by atoms with van der Waals surface area (Å²) in [6.07, 6.45) is 0. The summed E-state index contributed by atoms with van der Waals surface area (Å²) >= 11 is 0. The number of nitrogens with one attached hydrogen (secondary N) is 3. The zero-order chi connectivity index (χ0) is 17.7. The molecule has 124 valence electrons. The van der Waals surface area contributed by atoms with E-state index in [9.17, 15) is 19.7 Å². The zero-order valence-electron chi connectivity index (χ0n) is 13.1. The van der Waals surface area contributed by atoms with Gasteiger partial charge in [0.1, 0.15) is 0 Å². The number of nitrogens with zero attached hydrogens (tertiary/aromatic N) is 1. The van der Waals surface area contributed by atoms with Crippen LogP contribution in [0.2, 0.25) is 0 Å². The second kappa shape index (κ2) is 7.23. The summed E-state index contributed by atoms with van der Waals surface area (Å²) in [5, 5.41) is 18.7. The molecule has 3 amide bonds. The van der Waals surface area contributed by atoms with Crippen molar-refractivity contribution in [2.24, 2.45) is 0 Å². The predicted molar refractivity (Wildman–Crippen MR) is 91.2 cm³/mol. The Kier molecular flexibility index (Phi) is 5.10. The third kappa shape index (κ3) is 4.54. The van der Waals surface area contributed by atoms with E-state index in [1.165, 1.54) is 13.0 Å². The van der Waals surface area contributed by atoms with Crippen LogP contribution in [0.4, 0.5) is 27.5 Å². The van der Waals surface area contributed by atoms with Crippen LogP contribution in [0.1, 0.15) is 12.5 Å². The maximum absolute atomic E-state index is 11.9. The highest BCUT2D eigenvalue weighted by atomic mass is 16.6. The first-order valence-electron chi connectivity index (χ1n) is 7.06. The number of urea groups is 1. The lowest BCUT2D eigenvalue weighted by Gasteiger charge is -2.09. The fourth-order valence-corrected chi connectivity index (χ4v) is 2.02. The molecular formula is C16H16N4O4. The molecule has 24 heavy (non-hydrogen) atoms. The van der Waals surface area contributed by atoms with Crippen LogP contribution in [0.3, 0.4) is 0 Å². The normalized spacial score (nSPS) is 9.92. The Labute approximate surface area is 138 Å². The summed E-state index contributed by atoms with van der Waals surface area (Å²) in [6, 6.07) is 10.5. The molecule has 0 unspecified atom stereocenters. The Bertz CT molecular complexity index is 787. The predicted octanol–water partition coefficient (Wildman–Crippen LogP) is 3.51. The molecule has 0 aliphatic carbocycles. The molecule has 0 saturated heterocycles. The number of hydrogen-bond donors (Lipinski definition) is 3. The standard InChI is InChI=1S/C16H16N4O4/c1-10-3-4-14(9-15(10)20(23)24)19-16(22)18-13-7-5-12(6-8-13)17-11(2)21/h3-9H,1-2H3,(H,17,21)(H2,18,19,22). The van der Waals surface area contributed by atoms with Crippen LogP contribution in [0, 0.1) is 17.0 Å². The van der Waals surface area contributed by atoms with Crippen molar-refractivity contribution in [2.45, 2.75) is 13.8 Å². The fourth-order valence-electron chi connectivity index (χ4n) is 2.02. The van der Waals surface area contributed by atoms with E-state index in [4.69, 9.17) is 0 Å². The smallest absolute Gasteiger partial charge is 0.323 e. The van der Waals surface area contributed by atoms with Gasteiger partial charge in [-0.15, -0.1) is 0 Å². The summed E-state index contributed by atoms with van der Waals surface area (Å²) in [5.41, 5.74) is 1.90.